The molecule has 2 aromatic rings. The number of carbonyl (C=O) groups is 1. The number of nitrogens with zero attached hydrogens (tertiary/aromatic N) is 6. The van der Waals surface area contributed by atoms with E-state index in [1.54, 1.807) is 11.1 Å². The van der Waals surface area contributed by atoms with Crippen molar-refractivity contribution in [2.24, 2.45) is 5.92 Å². The number of benzene rings is 1. The molecule has 184 valence electrons. The second kappa shape index (κ2) is 9.12. The van der Waals surface area contributed by atoms with Crippen LogP contribution in [0.1, 0.15) is 56.3 Å². The lowest BCUT2D eigenvalue weighted by Gasteiger charge is -2.51. The molecule has 1 aromatic carbocycles. The average Bonchev–Trinajstić information content (AvgIpc) is 3.12. The third kappa shape index (κ3) is 3.92. The maximum absolute atomic E-state index is 13.9. The lowest BCUT2D eigenvalue weighted by molar-refractivity contribution is 0.0172. The van der Waals surface area contributed by atoms with Gasteiger partial charge in [0.1, 0.15) is 11.8 Å². The van der Waals surface area contributed by atoms with E-state index in [2.05, 4.69) is 64.2 Å². The summed E-state index contributed by atoms with van der Waals surface area (Å²) in [6, 6.07) is 12.7. The van der Waals surface area contributed by atoms with E-state index in [1.165, 1.54) is 31.9 Å². The SMILES string of the molecule is COc1nc(C#N)ncc1N1C[C@]2(CC[C@](c3ccccc3)(N(C)C)CC2)N(CC2CCC2)C1=O. The number of amides is 2. The lowest BCUT2D eigenvalue weighted by Crippen LogP contribution is -2.56. The molecule has 2 amide bonds. The largest absolute Gasteiger partial charge is 0.479 e. The summed E-state index contributed by atoms with van der Waals surface area (Å²) >= 11 is 0. The van der Waals surface area contributed by atoms with E-state index >= 15 is 0 Å². The highest BCUT2D eigenvalue weighted by Gasteiger charge is 2.55. The molecule has 1 aliphatic heterocycles. The molecule has 1 saturated heterocycles. The van der Waals surface area contributed by atoms with Crippen molar-refractivity contribution in [2.45, 2.75) is 56.0 Å². The van der Waals surface area contributed by atoms with Crippen LogP contribution in [0.2, 0.25) is 0 Å². The number of hydrogen-bond donors (Lipinski definition) is 0. The number of methoxy groups -OCH3 is 1. The van der Waals surface area contributed by atoms with Gasteiger partial charge in [-0.2, -0.15) is 10.2 Å². The maximum atomic E-state index is 13.9. The van der Waals surface area contributed by atoms with Crippen molar-refractivity contribution < 1.29 is 9.53 Å². The number of nitriles is 1. The molecule has 0 atom stereocenters. The number of urea groups is 1. The molecule has 0 unspecified atom stereocenters. The standard InChI is InChI=1S/C27H34N6O2/c1-31(2)27(21-10-5-4-6-11-21)14-12-26(13-15-27)19-32(25(34)33(26)18-20-8-7-9-20)22-17-29-23(16-28)30-24(22)35-3/h4-6,10-11,17,20H,7-9,12-15,18-19H2,1-3H3/t26-,27+. The topological polar surface area (TPSA) is 85.6 Å². The van der Waals surface area contributed by atoms with E-state index in [1.807, 2.05) is 6.07 Å². The Labute approximate surface area is 207 Å². The van der Waals surface area contributed by atoms with Crippen molar-refractivity contribution in [2.75, 3.05) is 39.2 Å². The van der Waals surface area contributed by atoms with E-state index in [0.717, 1.165) is 32.2 Å². The van der Waals surface area contributed by atoms with Gasteiger partial charge in [-0.05, 0) is 64.1 Å². The third-order valence-corrected chi connectivity index (χ3v) is 8.65. The summed E-state index contributed by atoms with van der Waals surface area (Å²) in [5.41, 5.74) is 1.61. The molecule has 1 aromatic heterocycles. The first-order valence-electron chi connectivity index (χ1n) is 12.6. The van der Waals surface area contributed by atoms with Gasteiger partial charge in [0.05, 0.1) is 25.4 Å². The zero-order valence-corrected chi connectivity index (χ0v) is 20.9. The Hall–Kier alpha value is -3.18. The fourth-order valence-corrected chi connectivity index (χ4v) is 6.24. The van der Waals surface area contributed by atoms with Gasteiger partial charge in [-0.1, -0.05) is 36.8 Å². The Kier molecular flexibility index (Phi) is 6.14. The smallest absolute Gasteiger partial charge is 0.325 e. The molecule has 5 rings (SSSR count). The monoisotopic (exact) mass is 474 g/mol. The van der Waals surface area contributed by atoms with E-state index in [9.17, 15) is 10.1 Å². The van der Waals surface area contributed by atoms with E-state index in [-0.39, 0.29) is 28.8 Å². The second-order valence-electron chi connectivity index (χ2n) is 10.5. The van der Waals surface area contributed by atoms with Gasteiger partial charge in [-0.15, -0.1) is 0 Å². The lowest BCUT2D eigenvalue weighted by atomic mass is 9.68. The Bertz CT molecular complexity index is 1120. The number of ether oxygens (including phenoxy) is 1. The van der Waals surface area contributed by atoms with Crippen LogP contribution in [0.4, 0.5) is 10.5 Å². The summed E-state index contributed by atoms with van der Waals surface area (Å²) in [4.78, 5) is 28.6. The molecule has 2 saturated carbocycles. The zero-order valence-electron chi connectivity index (χ0n) is 20.9. The molecule has 1 spiro atoms. The summed E-state index contributed by atoms with van der Waals surface area (Å²) in [6.07, 6.45) is 8.99. The molecule has 8 heteroatoms. The summed E-state index contributed by atoms with van der Waals surface area (Å²) in [7, 11) is 5.85. The summed E-state index contributed by atoms with van der Waals surface area (Å²) in [6.45, 7) is 1.39. The minimum absolute atomic E-state index is 0.000529. The molecule has 3 fully saturated rings. The number of carbonyl (C=O) groups excluding carboxylic acids is 1. The van der Waals surface area contributed by atoms with Crippen LogP contribution in [-0.4, -0.2) is 65.6 Å². The molecule has 0 radical (unpaired) electrons. The van der Waals surface area contributed by atoms with Gasteiger partial charge in [0.2, 0.25) is 11.7 Å². The predicted octanol–water partition coefficient (Wildman–Crippen LogP) is 4.17. The molecule has 2 aliphatic carbocycles. The van der Waals surface area contributed by atoms with Crippen molar-refractivity contribution in [3.05, 3.63) is 47.9 Å². The Balaban J connectivity index is 1.48. The minimum atomic E-state index is -0.236. The first-order chi connectivity index (χ1) is 16.9. The quantitative estimate of drug-likeness (QED) is 0.625. The van der Waals surface area contributed by atoms with Crippen molar-refractivity contribution in [1.82, 2.24) is 19.8 Å². The summed E-state index contributed by atoms with van der Waals surface area (Å²) < 4.78 is 5.47. The Morgan fingerprint density at radius 2 is 1.89 bits per heavy atom. The van der Waals surface area contributed by atoms with E-state index in [4.69, 9.17) is 4.74 Å². The first-order valence-corrected chi connectivity index (χ1v) is 12.6. The van der Waals surface area contributed by atoms with Crippen LogP contribution < -0.4 is 9.64 Å². The van der Waals surface area contributed by atoms with Gasteiger partial charge < -0.3 is 9.64 Å². The van der Waals surface area contributed by atoms with Crippen LogP contribution in [0.3, 0.4) is 0 Å². The maximum Gasteiger partial charge on any atom is 0.325 e. The number of hydrogen-bond acceptors (Lipinski definition) is 6. The van der Waals surface area contributed by atoms with Gasteiger partial charge in [0.15, 0.2) is 0 Å². The molecule has 0 N–H and O–H groups in total. The molecule has 8 nitrogen and oxygen atoms in total. The average molecular weight is 475 g/mol. The van der Waals surface area contributed by atoms with E-state index < -0.39 is 0 Å². The number of aromatic nitrogens is 2. The Morgan fingerprint density at radius 1 is 1.17 bits per heavy atom. The highest BCUT2D eigenvalue weighted by molar-refractivity contribution is 5.96. The summed E-state index contributed by atoms with van der Waals surface area (Å²) in [5.74, 6) is 0.882. The van der Waals surface area contributed by atoms with Crippen LogP contribution in [-0.2, 0) is 5.54 Å². The molecule has 35 heavy (non-hydrogen) atoms. The van der Waals surface area contributed by atoms with Gasteiger partial charge in [0.25, 0.3) is 0 Å². The third-order valence-electron chi connectivity index (χ3n) is 8.65. The van der Waals surface area contributed by atoms with Crippen LogP contribution in [0.15, 0.2) is 36.5 Å². The fourth-order valence-electron chi connectivity index (χ4n) is 6.24. The Morgan fingerprint density at radius 3 is 2.46 bits per heavy atom. The van der Waals surface area contributed by atoms with Crippen LogP contribution in [0, 0.1) is 17.2 Å². The predicted molar refractivity (Wildman–Crippen MR) is 133 cm³/mol. The fraction of sp³-hybridized carbons (Fsp3) is 0.556. The zero-order chi connectivity index (χ0) is 24.6. The van der Waals surface area contributed by atoms with Crippen LogP contribution in [0.25, 0.3) is 0 Å². The van der Waals surface area contributed by atoms with Gasteiger partial charge in [-0.3, -0.25) is 9.80 Å². The molecular weight excluding hydrogens is 440 g/mol. The van der Waals surface area contributed by atoms with Crippen molar-refractivity contribution >= 4 is 11.7 Å². The van der Waals surface area contributed by atoms with Gasteiger partial charge in [-0.25, -0.2) is 9.78 Å². The van der Waals surface area contributed by atoms with Crippen molar-refractivity contribution in [3.8, 4) is 11.9 Å². The second-order valence-corrected chi connectivity index (χ2v) is 10.5. The first kappa shape index (κ1) is 23.6. The number of rotatable bonds is 6. The highest BCUT2D eigenvalue weighted by atomic mass is 16.5. The van der Waals surface area contributed by atoms with E-state index in [0.29, 0.717) is 18.2 Å². The van der Waals surface area contributed by atoms with Gasteiger partial charge >= 0.3 is 6.03 Å². The molecule has 2 heterocycles. The molecule has 3 aliphatic rings. The normalized spacial score (nSPS) is 26.8. The summed E-state index contributed by atoms with van der Waals surface area (Å²) in [5, 5.41) is 9.20. The van der Waals surface area contributed by atoms with Crippen LogP contribution >= 0.6 is 0 Å². The molecular formula is C27H34N6O2. The molecule has 0 bridgehead atoms. The highest BCUT2D eigenvalue weighted by Crippen LogP contribution is 2.50. The van der Waals surface area contributed by atoms with Gasteiger partial charge in [0, 0.05) is 12.1 Å². The van der Waals surface area contributed by atoms with Crippen molar-refractivity contribution in [3.63, 3.8) is 0 Å². The number of anilines is 1. The van der Waals surface area contributed by atoms with Crippen LogP contribution in [0.5, 0.6) is 5.88 Å². The van der Waals surface area contributed by atoms with Crippen molar-refractivity contribution in [1.29, 1.82) is 5.26 Å². The minimum Gasteiger partial charge on any atom is -0.479 e.